The Morgan fingerprint density at radius 1 is 0.912 bits per heavy atom. The number of aliphatic carboxylic acids is 1. The van der Waals surface area contributed by atoms with Crippen molar-refractivity contribution in [3.63, 3.8) is 0 Å². The number of hydrogen-bond acceptors (Lipinski definition) is 5. The van der Waals surface area contributed by atoms with Gasteiger partial charge in [-0.2, -0.15) is 0 Å². The Kier molecular flexibility index (Phi) is 5.87. The normalized spacial score (nSPS) is 21.6. The molecule has 5 rings (SSSR count). The van der Waals surface area contributed by atoms with Gasteiger partial charge in [0.05, 0.1) is 17.0 Å². The van der Waals surface area contributed by atoms with Crippen LogP contribution in [0.3, 0.4) is 0 Å². The number of fused-ring (bicyclic) bond motifs is 1. The number of carboxylic acids is 1. The van der Waals surface area contributed by atoms with Gasteiger partial charge in [-0.1, -0.05) is 42.5 Å². The van der Waals surface area contributed by atoms with E-state index >= 15 is 0 Å². The lowest BCUT2D eigenvalue weighted by Crippen LogP contribution is -2.38. The van der Waals surface area contributed by atoms with Crippen molar-refractivity contribution in [2.75, 3.05) is 12.3 Å². The Hall–Kier alpha value is -3.58. The summed E-state index contributed by atoms with van der Waals surface area (Å²) in [4.78, 5) is 40.1. The van der Waals surface area contributed by atoms with Crippen molar-refractivity contribution < 1.29 is 19.5 Å². The number of carboxylic acid groups (broad SMARTS) is 1. The van der Waals surface area contributed by atoms with E-state index in [2.05, 4.69) is 12.1 Å². The molecule has 7 heteroatoms. The van der Waals surface area contributed by atoms with Crippen molar-refractivity contribution >= 4 is 35.2 Å². The second-order valence-electron chi connectivity index (χ2n) is 8.77. The number of anilines is 1. The molecule has 34 heavy (non-hydrogen) atoms. The van der Waals surface area contributed by atoms with E-state index in [0.717, 1.165) is 16.0 Å². The Bertz CT molecular complexity index is 1260. The molecule has 0 saturated heterocycles. The molecule has 2 amide bonds. The number of carbonyl (C=O) groups excluding carboxylic acids is 2. The van der Waals surface area contributed by atoms with Crippen LogP contribution in [-0.2, 0) is 4.79 Å². The van der Waals surface area contributed by atoms with E-state index in [1.54, 1.807) is 23.9 Å². The molecule has 6 nitrogen and oxygen atoms in total. The maximum absolute atomic E-state index is 12.8. The molecular formula is C27H24N2O4S. The highest BCUT2D eigenvalue weighted by Gasteiger charge is 2.45. The summed E-state index contributed by atoms with van der Waals surface area (Å²) in [6.07, 6.45) is 1.36. The first-order chi connectivity index (χ1) is 16.4. The van der Waals surface area contributed by atoms with Gasteiger partial charge >= 0.3 is 5.97 Å². The number of carbonyl (C=O) groups is 3. The summed E-state index contributed by atoms with van der Waals surface area (Å²) in [6, 6.07) is 22.9. The van der Waals surface area contributed by atoms with Crippen molar-refractivity contribution in [3.8, 4) is 11.1 Å². The second-order valence-corrected chi connectivity index (χ2v) is 10.1. The van der Waals surface area contributed by atoms with Crippen molar-refractivity contribution in [2.45, 2.75) is 23.0 Å². The van der Waals surface area contributed by atoms with Crippen LogP contribution in [0.4, 0.5) is 5.69 Å². The number of hydrogen-bond donors (Lipinski definition) is 2. The van der Waals surface area contributed by atoms with E-state index < -0.39 is 17.8 Å². The lowest BCUT2D eigenvalue weighted by molar-refractivity contribution is -0.142. The van der Waals surface area contributed by atoms with E-state index in [0.29, 0.717) is 29.7 Å². The average Bonchev–Trinajstić information content (AvgIpc) is 3.34. The van der Waals surface area contributed by atoms with E-state index in [-0.39, 0.29) is 23.6 Å². The SMILES string of the molecule is Nc1ccc2c(c1)C(=O)N(C[C@H]1CC[C@@H](Sc3ccc(-c4ccccc4)cc3)[C@H]1C(=O)O)C2=O. The first-order valence-corrected chi connectivity index (χ1v) is 12.1. The zero-order valence-corrected chi connectivity index (χ0v) is 19.2. The average molecular weight is 473 g/mol. The summed E-state index contributed by atoms with van der Waals surface area (Å²) in [7, 11) is 0. The molecule has 1 fully saturated rings. The maximum atomic E-state index is 12.8. The molecular weight excluding hydrogens is 448 g/mol. The Balaban J connectivity index is 1.30. The van der Waals surface area contributed by atoms with Gasteiger partial charge in [0.2, 0.25) is 0 Å². The van der Waals surface area contributed by atoms with Crippen LogP contribution in [0, 0.1) is 11.8 Å². The summed E-state index contributed by atoms with van der Waals surface area (Å²) >= 11 is 1.56. The molecule has 3 aromatic carbocycles. The third-order valence-corrected chi connectivity index (χ3v) is 8.05. The molecule has 1 aliphatic heterocycles. The van der Waals surface area contributed by atoms with Crippen molar-refractivity contribution in [1.29, 1.82) is 0 Å². The molecule has 0 unspecified atom stereocenters. The number of nitrogens with zero attached hydrogens (tertiary/aromatic N) is 1. The molecule has 0 spiro atoms. The van der Waals surface area contributed by atoms with Gasteiger partial charge in [0.25, 0.3) is 11.8 Å². The molecule has 0 bridgehead atoms. The molecule has 3 aromatic rings. The summed E-state index contributed by atoms with van der Waals surface area (Å²) in [5.74, 6) is -2.60. The number of thioether (sulfide) groups is 1. The van der Waals surface area contributed by atoms with Gasteiger partial charge in [-0.25, -0.2) is 0 Å². The third kappa shape index (κ3) is 4.07. The van der Waals surface area contributed by atoms with Crippen LogP contribution in [0.25, 0.3) is 11.1 Å². The summed E-state index contributed by atoms with van der Waals surface area (Å²) in [5.41, 5.74) is 9.05. The van der Waals surface area contributed by atoms with E-state index in [1.807, 2.05) is 42.5 Å². The second kappa shape index (κ2) is 8.99. The predicted octanol–water partition coefficient (Wildman–Crippen LogP) is 4.80. The van der Waals surface area contributed by atoms with Crippen LogP contribution >= 0.6 is 11.8 Å². The summed E-state index contributed by atoms with van der Waals surface area (Å²) < 4.78 is 0. The van der Waals surface area contributed by atoms with Gasteiger partial charge in [-0.3, -0.25) is 19.3 Å². The zero-order chi connectivity index (χ0) is 23.8. The maximum Gasteiger partial charge on any atom is 0.307 e. The molecule has 0 aromatic heterocycles. The minimum Gasteiger partial charge on any atom is -0.481 e. The largest absolute Gasteiger partial charge is 0.481 e. The van der Waals surface area contributed by atoms with E-state index in [1.165, 1.54) is 11.0 Å². The number of nitrogen functional groups attached to an aromatic ring is 1. The van der Waals surface area contributed by atoms with Crippen LogP contribution in [-0.4, -0.2) is 39.6 Å². The molecule has 1 saturated carbocycles. The van der Waals surface area contributed by atoms with Crippen LogP contribution in [0.1, 0.15) is 33.6 Å². The van der Waals surface area contributed by atoms with Crippen LogP contribution in [0.15, 0.2) is 77.7 Å². The molecule has 0 radical (unpaired) electrons. The fourth-order valence-corrected chi connectivity index (χ4v) is 6.36. The smallest absolute Gasteiger partial charge is 0.307 e. The van der Waals surface area contributed by atoms with Crippen molar-refractivity contribution in [3.05, 3.63) is 83.9 Å². The summed E-state index contributed by atoms with van der Waals surface area (Å²) in [5, 5.41) is 9.89. The van der Waals surface area contributed by atoms with Gasteiger partial charge in [0.15, 0.2) is 0 Å². The van der Waals surface area contributed by atoms with Gasteiger partial charge < -0.3 is 10.8 Å². The lowest BCUT2D eigenvalue weighted by Gasteiger charge is -2.24. The highest BCUT2D eigenvalue weighted by molar-refractivity contribution is 8.00. The topological polar surface area (TPSA) is 101 Å². The number of rotatable bonds is 6. The molecule has 172 valence electrons. The first kappa shape index (κ1) is 22.2. The fraction of sp³-hybridized carbons (Fsp3) is 0.222. The molecule has 1 heterocycles. The minimum absolute atomic E-state index is 0.104. The van der Waals surface area contributed by atoms with E-state index in [9.17, 15) is 19.5 Å². The monoisotopic (exact) mass is 472 g/mol. The molecule has 3 atom stereocenters. The number of benzene rings is 3. The van der Waals surface area contributed by atoms with Crippen molar-refractivity contribution in [1.82, 2.24) is 4.90 Å². The van der Waals surface area contributed by atoms with Gasteiger partial charge in [-0.05, 0) is 60.2 Å². The number of nitrogens with two attached hydrogens (primary N) is 1. The highest BCUT2D eigenvalue weighted by Crippen LogP contribution is 2.44. The quantitative estimate of drug-likeness (QED) is 0.395. The van der Waals surface area contributed by atoms with Crippen molar-refractivity contribution in [2.24, 2.45) is 11.8 Å². The van der Waals surface area contributed by atoms with Crippen LogP contribution in [0.5, 0.6) is 0 Å². The number of imide groups is 1. The van der Waals surface area contributed by atoms with Crippen LogP contribution < -0.4 is 5.73 Å². The first-order valence-electron chi connectivity index (χ1n) is 11.2. The molecule has 3 N–H and O–H groups in total. The summed E-state index contributed by atoms with van der Waals surface area (Å²) in [6.45, 7) is 0.104. The Morgan fingerprint density at radius 2 is 1.59 bits per heavy atom. The zero-order valence-electron chi connectivity index (χ0n) is 18.4. The fourth-order valence-electron chi connectivity index (χ4n) is 4.98. The van der Waals surface area contributed by atoms with Gasteiger partial charge in [0, 0.05) is 22.4 Å². The minimum atomic E-state index is -0.887. The van der Waals surface area contributed by atoms with Crippen LogP contribution in [0.2, 0.25) is 0 Å². The molecule has 2 aliphatic rings. The molecule has 1 aliphatic carbocycles. The van der Waals surface area contributed by atoms with E-state index in [4.69, 9.17) is 5.73 Å². The Morgan fingerprint density at radius 3 is 2.29 bits per heavy atom. The predicted molar refractivity (Wildman–Crippen MR) is 132 cm³/mol. The standard InChI is InChI=1S/C27H24N2O4S/c28-19-9-12-21-22(14-19)26(31)29(25(21)30)15-18-8-13-23(24(18)27(32)33)34-20-10-6-17(7-11-20)16-4-2-1-3-5-16/h1-7,9-12,14,18,23-24H,8,13,15,28H2,(H,32,33)/t18-,23-,24+/m1/s1. The third-order valence-electron chi connectivity index (χ3n) is 6.68. The van der Waals surface area contributed by atoms with Gasteiger partial charge in [0.1, 0.15) is 0 Å². The van der Waals surface area contributed by atoms with Gasteiger partial charge in [-0.15, -0.1) is 11.8 Å². The Labute approximate surface area is 201 Å². The number of amides is 2. The lowest BCUT2D eigenvalue weighted by atomic mass is 9.95. The highest BCUT2D eigenvalue weighted by atomic mass is 32.2.